The van der Waals surface area contributed by atoms with Crippen LogP contribution in [0.3, 0.4) is 0 Å². The molecule has 0 atom stereocenters. The van der Waals surface area contributed by atoms with E-state index in [0.29, 0.717) is 0 Å². The summed E-state index contributed by atoms with van der Waals surface area (Å²) < 4.78 is 4.40. The smallest absolute Gasteiger partial charge is 0.0943 e. The standard InChI is InChI=1S/C8H7IN2/c1-6-5-10-8-4-9-3-2-7(8)11-6/h2-5H,1H3. The number of aryl methyl sites for hydroxylation is 1. The van der Waals surface area contributed by atoms with Gasteiger partial charge in [0.2, 0.25) is 0 Å². The maximum absolute atomic E-state index is 4.35. The Morgan fingerprint density at radius 2 is 2.27 bits per heavy atom. The van der Waals surface area contributed by atoms with Gasteiger partial charge in [-0.1, -0.05) is 20.7 Å². The largest absolute Gasteiger partial charge is 0.252 e. The van der Waals surface area contributed by atoms with E-state index in [-0.39, 0.29) is 20.7 Å². The fourth-order valence-corrected chi connectivity index (χ4v) is 2.48. The second kappa shape index (κ2) is 2.81. The van der Waals surface area contributed by atoms with Gasteiger partial charge in [0.15, 0.2) is 0 Å². The van der Waals surface area contributed by atoms with E-state index in [2.05, 4.69) is 24.1 Å². The lowest BCUT2D eigenvalue weighted by Crippen LogP contribution is -1.97. The first-order valence-corrected chi connectivity index (χ1v) is 5.81. The van der Waals surface area contributed by atoms with E-state index >= 15 is 0 Å². The molecule has 0 bridgehead atoms. The Morgan fingerprint density at radius 3 is 3.18 bits per heavy atom. The summed E-state index contributed by atoms with van der Waals surface area (Å²) in [5, 5.41) is 0. The molecule has 11 heavy (non-hydrogen) atoms. The minimum atomic E-state index is 0.108. The number of hydrogen-bond donors (Lipinski definition) is 0. The summed E-state index contributed by atoms with van der Waals surface area (Å²) in [7, 11) is 0. The summed E-state index contributed by atoms with van der Waals surface area (Å²) in [5.41, 5.74) is 3.07. The maximum atomic E-state index is 4.35. The van der Waals surface area contributed by atoms with E-state index in [9.17, 15) is 0 Å². The van der Waals surface area contributed by atoms with E-state index in [1.165, 1.54) is 0 Å². The number of hydrogen-bond acceptors (Lipinski definition) is 2. The topological polar surface area (TPSA) is 25.8 Å². The van der Waals surface area contributed by atoms with Crippen molar-refractivity contribution in [3.05, 3.63) is 27.4 Å². The molecule has 0 fully saturated rings. The number of aromatic nitrogens is 2. The first-order valence-electron chi connectivity index (χ1n) is 3.31. The number of fused-ring (bicyclic) bond motifs is 1. The molecule has 0 aliphatic carbocycles. The van der Waals surface area contributed by atoms with E-state index in [0.717, 1.165) is 17.1 Å². The van der Waals surface area contributed by atoms with Crippen molar-refractivity contribution in [2.45, 2.75) is 6.92 Å². The zero-order chi connectivity index (χ0) is 7.68. The van der Waals surface area contributed by atoms with Gasteiger partial charge in [0.05, 0.1) is 17.1 Å². The van der Waals surface area contributed by atoms with Gasteiger partial charge in [0, 0.05) is 6.20 Å². The predicted octanol–water partition coefficient (Wildman–Crippen LogP) is 1.89. The normalized spacial score (nSPS) is 13.9. The predicted molar refractivity (Wildman–Crippen MR) is 55.0 cm³/mol. The van der Waals surface area contributed by atoms with E-state index < -0.39 is 0 Å². The van der Waals surface area contributed by atoms with Gasteiger partial charge < -0.3 is 0 Å². The SMILES string of the molecule is Cc1cnc2c(n1)C=CI=C2. The van der Waals surface area contributed by atoms with Gasteiger partial charge in [0.25, 0.3) is 0 Å². The lowest BCUT2D eigenvalue weighted by atomic mass is 10.3. The molecule has 1 aromatic heterocycles. The Hall–Kier alpha value is -0.580. The van der Waals surface area contributed by atoms with Crippen LogP contribution in [0, 0.1) is 6.92 Å². The summed E-state index contributed by atoms with van der Waals surface area (Å²) in [6, 6.07) is 0. The van der Waals surface area contributed by atoms with Crippen molar-refractivity contribution >= 4 is 30.8 Å². The fraction of sp³-hybridized carbons (Fsp3) is 0.125. The molecular formula is C8H7IN2. The number of nitrogens with zero attached hydrogens (tertiary/aromatic N) is 2. The molecule has 0 amide bonds. The van der Waals surface area contributed by atoms with Crippen LogP contribution in [-0.2, 0) is 0 Å². The van der Waals surface area contributed by atoms with Crippen molar-refractivity contribution in [2.24, 2.45) is 0 Å². The average molecular weight is 258 g/mol. The van der Waals surface area contributed by atoms with Crippen LogP contribution in [0.2, 0.25) is 0 Å². The molecule has 2 nitrogen and oxygen atoms in total. The zero-order valence-electron chi connectivity index (χ0n) is 6.08. The third-order valence-electron chi connectivity index (χ3n) is 1.41. The summed E-state index contributed by atoms with van der Waals surface area (Å²) in [6.07, 6.45) is 3.89. The van der Waals surface area contributed by atoms with Gasteiger partial charge in [-0.3, -0.25) is 4.98 Å². The molecule has 0 saturated heterocycles. The Morgan fingerprint density at radius 1 is 1.36 bits per heavy atom. The molecule has 1 aliphatic heterocycles. The van der Waals surface area contributed by atoms with Gasteiger partial charge >= 0.3 is 0 Å². The summed E-state index contributed by atoms with van der Waals surface area (Å²) >= 11 is 0.108. The molecule has 0 spiro atoms. The summed E-state index contributed by atoms with van der Waals surface area (Å²) in [6.45, 7) is 1.96. The van der Waals surface area contributed by atoms with E-state index in [4.69, 9.17) is 0 Å². The second-order valence-corrected chi connectivity index (χ2v) is 4.37. The first-order chi connectivity index (χ1) is 5.36. The Balaban J connectivity index is 2.63. The van der Waals surface area contributed by atoms with Crippen LogP contribution < -0.4 is 0 Å². The van der Waals surface area contributed by atoms with E-state index in [1.807, 2.05) is 13.1 Å². The molecule has 0 N–H and O–H groups in total. The quantitative estimate of drug-likeness (QED) is 0.664. The third-order valence-corrected chi connectivity index (χ3v) is 3.13. The van der Waals surface area contributed by atoms with Crippen molar-refractivity contribution in [1.82, 2.24) is 9.97 Å². The molecular weight excluding hydrogens is 251 g/mol. The molecule has 0 unspecified atom stereocenters. The molecule has 3 heteroatoms. The van der Waals surface area contributed by atoms with Crippen LogP contribution in [0.4, 0.5) is 0 Å². The van der Waals surface area contributed by atoms with Gasteiger partial charge in [-0.2, -0.15) is 0 Å². The Bertz CT molecular complexity index is 342. The number of halogens is 1. The van der Waals surface area contributed by atoms with Gasteiger partial charge in [-0.25, -0.2) is 4.98 Å². The number of rotatable bonds is 0. The van der Waals surface area contributed by atoms with Crippen molar-refractivity contribution in [1.29, 1.82) is 0 Å². The van der Waals surface area contributed by atoms with Crippen LogP contribution in [0.25, 0.3) is 6.08 Å². The highest BCUT2D eigenvalue weighted by Crippen LogP contribution is 2.14. The molecule has 1 aromatic rings. The van der Waals surface area contributed by atoms with Crippen LogP contribution in [0.5, 0.6) is 0 Å². The lowest BCUT2D eigenvalue weighted by molar-refractivity contribution is 1.09. The maximum Gasteiger partial charge on any atom is 0.0943 e. The van der Waals surface area contributed by atoms with Crippen molar-refractivity contribution < 1.29 is 0 Å². The highest BCUT2D eigenvalue weighted by atomic mass is 127. The molecule has 2 rings (SSSR count). The minimum absolute atomic E-state index is 0.108. The average Bonchev–Trinajstić information content (AvgIpc) is 2.04. The highest BCUT2D eigenvalue weighted by molar-refractivity contribution is 14.2. The van der Waals surface area contributed by atoms with Crippen LogP contribution >= 0.6 is 20.7 Å². The Kier molecular flexibility index (Phi) is 1.81. The van der Waals surface area contributed by atoms with Crippen LogP contribution in [0.15, 0.2) is 10.3 Å². The zero-order valence-corrected chi connectivity index (χ0v) is 8.24. The highest BCUT2D eigenvalue weighted by Gasteiger charge is 2.01. The van der Waals surface area contributed by atoms with Crippen molar-refractivity contribution in [3.8, 4) is 0 Å². The molecule has 0 radical (unpaired) electrons. The molecule has 0 saturated carbocycles. The first kappa shape index (κ1) is 7.09. The molecule has 1 aliphatic rings. The van der Waals surface area contributed by atoms with E-state index in [1.54, 1.807) is 0 Å². The molecule has 56 valence electrons. The van der Waals surface area contributed by atoms with Gasteiger partial charge in [-0.15, -0.1) is 0 Å². The van der Waals surface area contributed by atoms with Crippen molar-refractivity contribution in [3.63, 3.8) is 0 Å². The van der Waals surface area contributed by atoms with Crippen LogP contribution in [0.1, 0.15) is 17.1 Å². The lowest BCUT2D eigenvalue weighted by Gasteiger charge is -2.02. The fourth-order valence-electron chi connectivity index (χ4n) is 0.904. The van der Waals surface area contributed by atoms with Crippen molar-refractivity contribution in [2.75, 3.05) is 0 Å². The molecule has 2 heterocycles. The minimum Gasteiger partial charge on any atom is -0.252 e. The molecule has 0 aromatic carbocycles. The second-order valence-electron chi connectivity index (χ2n) is 2.31. The summed E-state index contributed by atoms with van der Waals surface area (Å²) in [4.78, 5) is 8.63. The monoisotopic (exact) mass is 258 g/mol. The Labute approximate surface area is 75.1 Å². The van der Waals surface area contributed by atoms with Gasteiger partial charge in [-0.05, 0) is 21.1 Å². The van der Waals surface area contributed by atoms with Gasteiger partial charge in [0.1, 0.15) is 0 Å². The summed E-state index contributed by atoms with van der Waals surface area (Å²) in [5.74, 6) is 0. The third kappa shape index (κ3) is 1.38. The van der Waals surface area contributed by atoms with Crippen LogP contribution in [-0.4, -0.2) is 14.0 Å².